The quantitative estimate of drug-likeness (QED) is 0.103. The van der Waals surface area contributed by atoms with E-state index >= 15 is 0 Å². The number of halogens is 1. The molecule has 0 spiro atoms. The molecule has 1 N–H and O–H groups in total. The molecule has 0 saturated heterocycles. The Labute approximate surface area is 274 Å². The maximum atomic E-state index is 13.6. The molecule has 6 heteroatoms. The second-order valence-corrected chi connectivity index (χ2v) is 12.6. The van der Waals surface area contributed by atoms with Gasteiger partial charge in [-0.25, -0.2) is 4.79 Å². The van der Waals surface area contributed by atoms with E-state index in [0.717, 1.165) is 60.7 Å². The van der Waals surface area contributed by atoms with E-state index in [1.165, 1.54) is 22.3 Å². The van der Waals surface area contributed by atoms with Crippen molar-refractivity contribution in [1.29, 1.82) is 0 Å². The summed E-state index contributed by atoms with van der Waals surface area (Å²) in [4.78, 5) is 29.9. The topological polar surface area (TPSA) is 68.4 Å². The molecule has 2 aromatic carbocycles. The third-order valence-corrected chi connectivity index (χ3v) is 8.26. The van der Waals surface area contributed by atoms with Gasteiger partial charge in [0.25, 0.3) is 0 Å². The predicted octanol–water partition coefficient (Wildman–Crippen LogP) is 11.1. The highest BCUT2D eigenvalue weighted by Gasteiger charge is 2.29. The first-order valence-corrected chi connectivity index (χ1v) is 16.1. The molecule has 0 fully saturated rings. The highest BCUT2D eigenvalue weighted by molar-refractivity contribution is 6.30. The molecule has 1 atom stereocenters. The van der Waals surface area contributed by atoms with Crippen LogP contribution in [0.1, 0.15) is 107 Å². The summed E-state index contributed by atoms with van der Waals surface area (Å²) in [5.74, 6) is -1.28. The first-order chi connectivity index (χ1) is 21.5. The van der Waals surface area contributed by atoms with Crippen molar-refractivity contribution in [3.05, 3.63) is 111 Å². The largest absolute Gasteiger partial charge is 0.497 e. The highest BCUT2D eigenvalue weighted by atomic mass is 35.5. The number of H-pyrrole nitrogens is 1. The van der Waals surface area contributed by atoms with E-state index in [1.807, 2.05) is 25.1 Å². The van der Waals surface area contributed by atoms with E-state index in [0.29, 0.717) is 17.2 Å². The van der Waals surface area contributed by atoms with Gasteiger partial charge in [0.1, 0.15) is 5.75 Å². The van der Waals surface area contributed by atoms with Crippen molar-refractivity contribution in [3.8, 4) is 5.75 Å². The second kappa shape index (κ2) is 17.6. The van der Waals surface area contributed by atoms with Crippen molar-refractivity contribution in [3.63, 3.8) is 0 Å². The van der Waals surface area contributed by atoms with Crippen molar-refractivity contribution in [2.45, 2.75) is 92.4 Å². The summed E-state index contributed by atoms with van der Waals surface area (Å²) in [6.45, 7) is 12.7. The van der Waals surface area contributed by atoms with E-state index in [2.05, 4.69) is 63.9 Å². The molecule has 0 aliphatic carbocycles. The normalized spacial score (nSPS) is 13.1. The fourth-order valence-corrected chi connectivity index (χ4v) is 5.47. The Morgan fingerprint density at radius 2 is 1.40 bits per heavy atom. The van der Waals surface area contributed by atoms with Crippen molar-refractivity contribution in [2.24, 2.45) is 0 Å². The number of methoxy groups -OCH3 is 1. The van der Waals surface area contributed by atoms with E-state index < -0.39 is 17.9 Å². The molecule has 1 heterocycles. The zero-order valence-electron chi connectivity index (χ0n) is 27.9. The van der Waals surface area contributed by atoms with Gasteiger partial charge < -0.3 is 14.5 Å². The first-order valence-electron chi connectivity index (χ1n) is 15.8. The molecular weight excluding hydrogens is 582 g/mol. The van der Waals surface area contributed by atoms with E-state index in [1.54, 1.807) is 31.4 Å². The standard InChI is InChI=1S/C39H48ClNO4/c1-26(2)11-8-12-27(3)13-9-14-28(4)15-10-16-29(5)17-23-34(39(43)45-38(42)31-18-20-32(40)21-19-31)37-30(6)41-36-24-22-33(44-7)25-35(36)37/h11,13,15,17-22,24-25,34,41H,8-10,12,14,16,23H2,1-7H3. The Morgan fingerprint density at radius 3 is 1.98 bits per heavy atom. The van der Waals surface area contributed by atoms with Gasteiger partial charge >= 0.3 is 11.9 Å². The molecular formula is C39H48ClNO4. The Kier molecular flexibility index (Phi) is 13.9. The molecule has 0 bridgehead atoms. The SMILES string of the molecule is COc1ccc2[nH]c(C)c(C(CC=C(C)CCC=C(C)CCC=C(C)CCC=C(C)C)C(=O)OC(=O)c3ccc(Cl)cc3)c2c1. The minimum Gasteiger partial charge on any atom is -0.497 e. The fourth-order valence-electron chi connectivity index (χ4n) is 5.35. The summed E-state index contributed by atoms with van der Waals surface area (Å²) in [7, 11) is 1.62. The molecule has 240 valence electrons. The first kappa shape index (κ1) is 35.6. The summed E-state index contributed by atoms with van der Waals surface area (Å²) in [6.07, 6.45) is 15.6. The number of aryl methyl sites for hydroxylation is 1. The maximum absolute atomic E-state index is 13.6. The molecule has 1 aromatic heterocycles. The van der Waals surface area contributed by atoms with Crippen molar-refractivity contribution >= 4 is 34.4 Å². The lowest BCUT2D eigenvalue weighted by Gasteiger charge is -2.16. The van der Waals surface area contributed by atoms with Crippen LogP contribution in [-0.2, 0) is 9.53 Å². The predicted molar refractivity (Wildman–Crippen MR) is 187 cm³/mol. The number of esters is 2. The summed E-state index contributed by atoms with van der Waals surface area (Å²) in [5.41, 5.74) is 8.22. The number of carbonyl (C=O) groups is 2. The van der Waals surface area contributed by atoms with Gasteiger partial charge in [-0.05, 0) is 135 Å². The lowest BCUT2D eigenvalue weighted by molar-refractivity contribution is -0.139. The lowest BCUT2D eigenvalue weighted by atomic mass is 9.91. The van der Waals surface area contributed by atoms with Crippen LogP contribution < -0.4 is 4.74 Å². The zero-order chi connectivity index (χ0) is 32.9. The van der Waals surface area contributed by atoms with Crippen LogP contribution in [0.3, 0.4) is 0 Å². The number of aromatic amines is 1. The third kappa shape index (κ3) is 11.2. The van der Waals surface area contributed by atoms with Crippen LogP contribution in [-0.4, -0.2) is 24.0 Å². The van der Waals surface area contributed by atoms with Crippen LogP contribution in [0, 0.1) is 6.92 Å². The monoisotopic (exact) mass is 629 g/mol. The van der Waals surface area contributed by atoms with Gasteiger partial charge in [-0.15, -0.1) is 0 Å². The van der Waals surface area contributed by atoms with E-state index in [4.69, 9.17) is 21.1 Å². The average Bonchev–Trinajstić information content (AvgIpc) is 3.32. The summed E-state index contributed by atoms with van der Waals surface area (Å²) < 4.78 is 10.9. The number of hydrogen-bond acceptors (Lipinski definition) is 4. The third-order valence-electron chi connectivity index (χ3n) is 8.01. The molecule has 0 aliphatic rings. The molecule has 5 nitrogen and oxygen atoms in total. The van der Waals surface area contributed by atoms with Crippen LogP contribution in [0.2, 0.25) is 5.02 Å². The minimum absolute atomic E-state index is 0.270. The summed E-state index contributed by atoms with van der Waals surface area (Å²) >= 11 is 5.97. The van der Waals surface area contributed by atoms with Gasteiger partial charge in [-0.1, -0.05) is 58.2 Å². The second-order valence-electron chi connectivity index (χ2n) is 12.1. The number of ether oxygens (including phenoxy) is 2. The Morgan fingerprint density at radius 1 is 0.822 bits per heavy atom. The van der Waals surface area contributed by atoms with Crippen molar-refractivity contribution in [2.75, 3.05) is 7.11 Å². The molecule has 0 saturated carbocycles. The minimum atomic E-state index is -0.698. The smallest absolute Gasteiger partial charge is 0.345 e. The number of rotatable bonds is 15. The van der Waals surface area contributed by atoms with E-state index in [-0.39, 0.29) is 5.56 Å². The summed E-state index contributed by atoms with van der Waals surface area (Å²) in [6, 6.07) is 12.0. The number of carbonyl (C=O) groups excluding carboxylic acids is 2. The van der Waals surface area contributed by atoms with Gasteiger partial charge in [0.2, 0.25) is 0 Å². The van der Waals surface area contributed by atoms with Crippen LogP contribution in [0.5, 0.6) is 5.75 Å². The lowest BCUT2D eigenvalue weighted by Crippen LogP contribution is -2.20. The Hall–Kier alpha value is -3.83. The van der Waals surface area contributed by atoms with E-state index in [9.17, 15) is 9.59 Å². The van der Waals surface area contributed by atoms with Crippen molar-refractivity contribution in [1.82, 2.24) is 4.98 Å². The molecule has 3 aromatic rings. The zero-order valence-corrected chi connectivity index (χ0v) is 28.6. The van der Waals surface area contributed by atoms with Crippen LogP contribution in [0.15, 0.2) is 89.1 Å². The molecule has 45 heavy (non-hydrogen) atoms. The highest BCUT2D eigenvalue weighted by Crippen LogP contribution is 2.35. The number of nitrogens with one attached hydrogen (secondary N) is 1. The number of benzene rings is 2. The van der Waals surface area contributed by atoms with Gasteiger partial charge in [0, 0.05) is 21.6 Å². The molecule has 1 unspecified atom stereocenters. The van der Waals surface area contributed by atoms with Crippen molar-refractivity contribution < 1.29 is 19.1 Å². The van der Waals surface area contributed by atoms with Gasteiger partial charge in [-0.3, -0.25) is 4.79 Å². The maximum Gasteiger partial charge on any atom is 0.345 e. The van der Waals surface area contributed by atoms with Crippen LogP contribution in [0.4, 0.5) is 0 Å². The van der Waals surface area contributed by atoms with Gasteiger partial charge in [0.15, 0.2) is 0 Å². The van der Waals surface area contributed by atoms with Gasteiger partial charge in [-0.2, -0.15) is 0 Å². The summed E-state index contributed by atoms with van der Waals surface area (Å²) in [5, 5.41) is 1.38. The Balaban J connectivity index is 1.71. The molecule has 0 amide bonds. The van der Waals surface area contributed by atoms with Gasteiger partial charge in [0.05, 0.1) is 18.6 Å². The Bertz CT molecular complexity index is 1580. The molecule has 0 aliphatic heterocycles. The average molecular weight is 630 g/mol. The number of fused-ring (bicyclic) bond motifs is 1. The number of aromatic nitrogens is 1. The molecule has 3 rings (SSSR count). The number of allylic oxidation sites excluding steroid dienone is 8. The molecule has 0 radical (unpaired) electrons. The van der Waals surface area contributed by atoms with Crippen LogP contribution in [0.25, 0.3) is 10.9 Å². The van der Waals surface area contributed by atoms with Crippen LogP contribution >= 0.6 is 11.6 Å². The number of hydrogen-bond donors (Lipinski definition) is 1. The fraction of sp³-hybridized carbons (Fsp3) is 0.385.